The maximum absolute atomic E-state index is 12.8. The molecule has 19 heavy (non-hydrogen) atoms. The van der Waals surface area contributed by atoms with Gasteiger partial charge in [-0.2, -0.15) is 5.10 Å². The molecule has 6 heteroatoms. The first kappa shape index (κ1) is 13.1. The molecule has 0 aliphatic heterocycles. The van der Waals surface area contributed by atoms with E-state index < -0.39 is 11.8 Å². The number of rotatable bonds is 3. The van der Waals surface area contributed by atoms with E-state index in [-0.39, 0.29) is 23.2 Å². The predicted molar refractivity (Wildman–Crippen MR) is 68.4 cm³/mol. The zero-order valence-electron chi connectivity index (χ0n) is 10.6. The minimum atomic E-state index is -0.615. The number of benzene rings is 1. The molecule has 2 N–H and O–H groups in total. The molecule has 0 saturated carbocycles. The molecule has 0 radical (unpaired) electrons. The minimum Gasteiger partial charge on any atom is -0.422 e. The van der Waals surface area contributed by atoms with Gasteiger partial charge in [0.05, 0.1) is 11.9 Å². The van der Waals surface area contributed by atoms with Crippen LogP contribution in [0.25, 0.3) is 0 Å². The van der Waals surface area contributed by atoms with Crippen LogP contribution < -0.4 is 10.5 Å². The molecule has 1 aromatic heterocycles. The monoisotopic (exact) mass is 263 g/mol. The molecule has 1 heterocycles. The lowest BCUT2D eigenvalue weighted by molar-refractivity contribution is 0.0720. The van der Waals surface area contributed by atoms with Crippen molar-refractivity contribution in [3.63, 3.8) is 0 Å². The van der Waals surface area contributed by atoms with E-state index >= 15 is 0 Å². The number of nitrogens with zero attached hydrogens (tertiary/aromatic N) is 2. The van der Waals surface area contributed by atoms with Crippen molar-refractivity contribution in [3.05, 3.63) is 42.0 Å². The summed E-state index contributed by atoms with van der Waals surface area (Å²) in [6.45, 7) is 3.75. The van der Waals surface area contributed by atoms with E-state index in [1.54, 1.807) is 0 Å². The van der Waals surface area contributed by atoms with Gasteiger partial charge < -0.3 is 10.5 Å². The van der Waals surface area contributed by atoms with Crippen LogP contribution in [0.3, 0.4) is 0 Å². The summed E-state index contributed by atoms with van der Waals surface area (Å²) in [6, 6.07) is 5.16. The Kier molecular flexibility index (Phi) is 3.50. The van der Waals surface area contributed by atoms with Crippen molar-refractivity contribution in [1.29, 1.82) is 0 Å². The highest BCUT2D eigenvalue weighted by Crippen LogP contribution is 2.19. The summed E-state index contributed by atoms with van der Waals surface area (Å²) in [5, 5.41) is 4.02. The van der Waals surface area contributed by atoms with Gasteiger partial charge in [-0.05, 0) is 38.1 Å². The highest BCUT2D eigenvalue weighted by molar-refractivity contribution is 5.94. The third-order valence-electron chi connectivity index (χ3n) is 2.53. The molecule has 100 valence electrons. The Bertz CT molecular complexity index is 590. The van der Waals surface area contributed by atoms with Gasteiger partial charge in [0.15, 0.2) is 5.69 Å². The molecule has 0 bridgehead atoms. The summed E-state index contributed by atoms with van der Waals surface area (Å²) in [7, 11) is 0. The van der Waals surface area contributed by atoms with Gasteiger partial charge in [-0.15, -0.1) is 0 Å². The largest absolute Gasteiger partial charge is 0.422 e. The van der Waals surface area contributed by atoms with Gasteiger partial charge >= 0.3 is 5.97 Å². The molecule has 2 rings (SSSR count). The van der Waals surface area contributed by atoms with Crippen LogP contribution in [0.4, 0.5) is 10.1 Å². The molecule has 0 atom stereocenters. The number of halogens is 1. The van der Waals surface area contributed by atoms with E-state index in [9.17, 15) is 9.18 Å². The summed E-state index contributed by atoms with van der Waals surface area (Å²) in [6.07, 6.45) is 1.40. The van der Waals surface area contributed by atoms with Gasteiger partial charge in [-0.3, -0.25) is 4.68 Å². The second-order valence-electron chi connectivity index (χ2n) is 4.33. The molecule has 0 aliphatic carbocycles. The fourth-order valence-electron chi connectivity index (χ4n) is 1.64. The lowest BCUT2D eigenvalue weighted by Gasteiger charge is -2.11. The zero-order valence-corrected chi connectivity index (χ0v) is 10.6. The minimum absolute atomic E-state index is 0.0203. The average Bonchev–Trinajstić information content (AvgIpc) is 2.74. The van der Waals surface area contributed by atoms with E-state index in [2.05, 4.69) is 5.10 Å². The van der Waals surface area contributed by atoms with Crippen LogP contribution in [0.5, 0.6) is 5.75 Å². The average molecular weight is 263 g/mol. The Balaban J connectivity index is 2.25. The van der Waals surface area contributed by atoms with Crippen molar-refractivity contribution in [2.45, 2.75) is 19.9 Å². The Morgan fingerprint density at radius 1 is 1.37 bits per heavy atom. The van der Waals surface area contributed by atoms with Crippen molar-refractivity contribution in [3.8, 4) is 5.75 Å². The number of hydrogen-bond donors (Lipinski definition) is 1. The van der Waals surface area contributed by atoms with Gasteiger partial charge in [-0.25, -0.2) is 9.18 Å². The topological polar surface area (TPSA) is 70.1 Å². The number of hydrogen-bond acceptors (Lipinski definition) is 4. The molecule has 0 spiro atoms. The van der Waals surface area contributed by atoms with Crippen molar-refractivity contribution in [2.75, 3.05) is 5.73 Å². The number of nitrogen functional groups attached to an aromatic ring is 1. The van der Waals surface area contributed by atoms with Crippen LogP contribution in [0, 0.1) is 5.82 Å². The summed E-state index contributed by atoms with van der Waals surface area (Å²) < 4.78 is 19.4. The molecule has 2 aromatic rings. The normalized spacial score (nSPS) is 10.7. The van der Waals surface area contributed by atoms with Crippen LogP contribution in [0.2, 0.25) is 0 Å². The SMILES string of the molecule is CC(C)n1ncc(N)c1C(=O)Oc1ccc(F)cc1. The first-order valence-corrected chi connectivity index (χ1v) is 5.79. The molecule has 0 amide bonds. The van der Waals surface area contributed by atoms with Crippen LogP contribution in [0.15, 0.2) is 30.5 Å². The Morgan fingerprint density at radius 2 is 2.00 bits per heavy atom. The van der Waals surface area contributed by atoms with Gasteiger partial charge in [0.2, 0.25) is 0 Å². The third-order valence-corrected chi connectivity index (χ3v) is 2.53. The van der Waals surface area contributed by atoms with Gasteiger partial charge in [-0.1, -0.05) is 0 Å². The van der Waals surface area contributed by atoms with E-state index in [4.69, 9.17) is 10.5 Å². The first-order valence-electron chi connectivity index (χ1n) is 5.79. The molecule has 0 fully saturated rings. The smallest absolute Gasteiger partial charge is 0.364 e. The van der Waals surface area contributed by atoms with Gasteiger partial charge in [0.25, 0.3) is 0 Å². The lowest BCUT2D eigenvalue weighted by atomic mass is 10.3. The second kappa shape index (κ2) is 5.09. The fraction of sp³-hybridized carbons (Fsp3) is 0.231. The summed E-state index contributed by atoms with van der Waals surface area (Å²) in [4.78, 5) is 12.0. The highest BCUT2D eigenvalue weighted by atomic mass is 19.1. The van der Waals surface area contributed by atoms with Crippen LogP contribution in [-0.2, 0) is 0 Å². The standard InChI is InChI=1S/C13H14FN3O2/c1-8(2)17-12(11(15)7-16-17)13(18)19-10-5-3-9(14)4-6-10/h3-8H,15H2,1-2H3. The summed E-state index contributed by atoms with van der Waals surface area (Å²) >= 11 is 0. The van der Waals surface area contributed by atoms with Crippen molar-refractivity contribution in [2.24, 2.45) is 0 Å². The lowest BCUT2D eigenvalue weighted by Crippen LogP contribution is -2.18. The van der Waals surface area contributed by atoms with Gasteiger partial charge in [0, 0.05) is 6.04 Å². The van der Waals surface area contributed by atoms with Gasteiger partial charge in [0.1, 0.15) is 11.6 Å². The van der Waals surface area contributed by atoms with E-state index in [1.807, 2.05) is 13.8 Å². The predicted octanol–water partition coefficient (Wildman–Crippen LogP) is 2.40. The maximum atomic E-state index is 12.8. The third kappa shape index (κ3) is 2.73. The fourth-order valence-corrected chi connectivity index (χ4v) is 1.64. The van der Waals surface area contributed by atoms with Crippen molar-refractivity contribution < 1.29 is 13.9 Å². The maximum Gasteiger partial charge on any atom is 0.364 e. The van der Waals surface area contributed by atoms with Crippen molar-refractivity contribution >= 4 is 11.7 Å². The summed E-state index contributed by atoms with van der Waals surface area (Å²) in [5.41, 5.74) is 6.16. The van der Waals surface area contributed by atoms with Crippen LogP contribution in [-0.4, -0.2) is 15.7 Å². The molecule has 1 aromatic carbocycles. The van der Waals surface area contributed by atoms with Crippen LogP contribution in [0.1, 0.15) is 30.4 Å². The molecular weight excluding hydrogens is 249 g/mol. The number of nitrogens with two attached hydrogens (primary N) is 1. The van der Waals surface area contributed by atoms with Crippen molar-refractivity contribution in [1.82, 2.24) is 9.78 Å². The number of esters is 1. The van der Waals surface area contributed by atoms with Crippen LogP contribution >= 0.6 is 0 Å². The zero-order chi connectivity index (χ0) is 14.0. The van der Waals surface area contributed by atoms with E-state index in [0.29, 0.717) is 0 Å². The molecule has 5 nitrogen and oxygen atoms in total. The molecule has 0 saturated heterocycles. The first-order chi connectivity index (χ1) is 8.99. The number of carbonyl (C=O) groups is 1. The van der Waals surface area contributed by atoms with E-state index in [0.717, 1.165) is 0 Å². The second-order valence-corrected chi connectivity index (χ2v) is 4.33. The summed E-state index contributed by atoms with van der Waals surface area (Å²) in [5.74, 6) is -0.760. The Hall–Kier alpha value is -2.37. The van der Waals surface area contributed by atoms with E-state index in [1.165, 1.54) is 35.1 Å². The Labute approximate surface area is 109 Å². The molecule has 0 unspecified atom stereocenters. The Morgan fingerprint density at radius 3 is 2.58 bits per heavy atom. The number of aromatic nitrogens is 2. The number of carbonyl (C=O) groups excluding carboxylic acids is 1. The molecular formula is C13H14FN3O2. The quantitative estimate of drug-likeness (QED) is 0.682. The number of anilines is 1. The molecule has 0 aliphatic rings. The number of ether oxygens (including phenoxy) is 1. The highest BCUT2D eigenvalue weighted by Gasteiger charge is 2.20.